The predicted octanol–water partition coefficient (Wildman–Crippen LogP) is 4.45. The molecule has 0 aliphatic heterocycles. The first-order valence-corrected chi connectivity index (χ1v) is 8.23. The van der Waals surface area contributed by atoms with E-state index in [1.807, 2.05) is 18.2 Å². The average Bonchev–Trinajstić information content (AvgIpc) is 2.81. The molecule has 0 aliphatic carbocycles. The molecule has 0 bridgehead atoms. The Labute approximate surface area is 130 Å². The van der Waals surface area contributed by atoms with Crippen LogP contribution in [0.5, 0.6) is 0 Å². The molecule has 1 N–H and O–H groups in total. The molecule has 0 fully saturated rings. The molecule has 2 rings (SSSR count). The van der Waals surface area contributed by atoms with Crippen LogP contribution in [-0.2, 0) is 19.4 Å². The lowest BCUT2D eigenvalue weighted by atomic mass is 10.1. The number of thiazole rings is 1. The fourth-order valence-electron chi connectivity index (χ4n) is 2.03. The zero-order chi connectivity index (χ0) is 14.5. The van der Waals surface area contributed by atoms with Crippen LogP contribution in [0.2, 0.25) is 5.02 Å². The van der Waals surface area contributed by atoms with E-state index < -0.39 is 0 Å². The molecule has 4 heteroatoms. The Hall–Kier alpha value is -0.900. The van der Waals surface area contributed by atoms with Crippen LogP contribution in [0.15, 0.2) is 24.3 Å². The summed E-state index contributed by atoms with van der Waals surface area (Å²) in [6.07, 6.45) is 1.80. The summed E-state index contributed by atoms with van der Waals surface area (Å²) in [5.74, 6) is 0. The van der Waals surface area contributed by atoms with E-state index in [9.17, 15) is 0 Å². The quantitative estimate of drug-likeness (QED) is 0.853. The number of aromatic nitrogens is 1. The van der Waals surface area contributed by atoms with Gasteiger partial charge in [0, 0.05) is 28.9 Å². The molecular formula is C16H21ClN2S. The van der Waals surface area contributed by atoms with Gasteiger partial charge in [-0.15, -0.1) is 11.3 Å². The summed E-state index contributed by atoms with van der Waals surface area (Å²) in [5, 5.41) is 5.44. The van der Waals surface area contributed by atoms with Gasteiger partial charge >= 0.3 is 0 Å². The Morgan fingerprint density at radius 1 is 1.30 bits per heavy atom. The van der Waals surface area contributed by atoms with E-state index in [0.717, 1.165) is 35.0 Å². The van der Waals surface area contributed by atoms with Gasteiger partial charge in [-0.05, 0) is 18.1 Å². The maximum absolute atomic E-state index is 6.22. The fourth-order valence-corrected chi connectivity index (χ4v) is 3.36. The summed E-state index contributed by atoms with van der Waals surface area (Å²) in [5.41, 5.74) is 2.36. The van der Waals surface area contributed by atoms with Crippen molar-refractivity contribution in [1.82, 2.24) is 10.3 Å². The molecule has 0 atom stereocenters. The van der Waals surface area contributed by atoms with Crippen molar-refractivity contribution in [2.75, 3.05) is 0 Å². The highest BCUT2D eigenvalue weighted by atomic mass is 35.5. The molecular weight excluding hydrogens is 288 g/mol. The molecule has 0 saturated carbocycles. The number of benzene rings is 1. The minimum absolute atomic E-state index is 0.494. The first kappa shape index (κ1) is 15.5. The van der Waals surface area contributed by atoms with Crippen molar-refractivity contribution in [3.05, 3.63) is 50.4 Å². The number of nitrogens with zero attached hydrogens (tertiary/aromatic N) is 1. The Balaban J connectivity index is 2.15. The zero-order valence-electron chi connectivity index (χ0n) is 12.2. The van der Waals surface area contributed by atoms with E-state index in [1.54, 1.807) is 11.3 Å². The van der Waals surface area contributed by atoms with Crippen LogP contribution in [0.25, 0.3) is 0 Å². The van der Waals surface area contributed by atoms with Crippen molar-refractivity contribution in [2.45, 2.75) is 46.2 Å². The van der Waals surface area contributed by atoms with Gasteiger partial charge < -0.3 is 5.32 Å². The number of nitrogens with one attached hydrogen (secondary N) is 1. The first-order chi connectivity index (χ1) is 9.60. The van der Waals surface area contributed by atoms with Crippen LogP contribution in [0.1, 0.15) is 41.9 Å². The van der Waals surface area contributed by atoms with Crippen molar-refractivity contribution < 1.29 is 0 Å². The van der Waals surface area contributed by atoms with Gasteiger partial charge in [0.2, 0.25) is 0 Å². The molecule has 108 valence electrons. The predicted molar refractivity (Wildman–Crippen MR) is 87.7 cm³/mol. The fraction of sp³-hybridized carbons (Fsp3) is 0.438. The smallest absolute Gasteiger partial charge is 0.0975 e. The number of rotatable bonds is 6. The average molecular weight is 309 g/mol. The van der Waals surface area contributed by atoms with Crippen LogP contribution in [0.4, 0.5) is 0 Å². The van der Waals surface area contributed by atoms with E-state index >= 15 is 0 Å². The molecule has 0 radical (unpaired) electrons. The molecule has 0 amide bonds. The van der Waals surface area contributed by atoms with E-state index in [4.69, 9.17) is 16.6 Å². The monoisotopic (exact) mass is 308 g/mol. The van der Waals surface area contributed by atoms with E-state index in [2.05, 4.69) is 32.2 Å². The summed E-state index contributed by atoms with van der Waals surface area (Å²) < 4.78 is 0. The third-order valence-electron chi connectivity index (χ3n) is 3.13. The van der Waals surface area contributed by atoms with E-state index in [0.29, 0.717) is 6.04 Å². The highest BCUT2D eigenvalue weighted by molar-refractivity contribution is 7.11. The topological polar surface area (TPSA) is 24.9 Å². The summed E-state index contributed by atoms with van der Waals surface area (Å²) in [7, 11) is 0. The van der Waals surface area contributed by atoms with Gasteiger partial charge in [0.1, 0.15) is 0 Å². The summed E-state index contributed by atoms with van der Waals surface area (Å²) in [4.78, 5) is 6.11. The molecule has 2 nitrogen and oxygen atoms in total. The highest BCUT2D eigenvalue weighted by Crippen LogP contribution is 2.24. The van der Waals surface area contributed by atoms with Gasteiger partial charge in [-0.25, -0.2) is 4.98 Å². The summed E-state index contributed by atoms with van der Waals surface area (Å²) in [6.45, 7) is 7.39. The lowest BCUT2D eigenvalue weighted by Crippen LogP contribution is -2.21. The van der Waals surface area contributed by atoms with Gasteiger partial charge in [-0.3, -0.25) is 0 Å². The SMILES string of the molecule is CCc1nc(Cc2ccccc2Cl)sc1CNC(C)C. The van der Waals surface area contributed by atoms with Gasteiger partial charge in [-0.2, -0.15) is 0 Å². The second-order valence-corrected chi connectivity index (χ2v) is 6.71. The molecule has 0 saturated heterocycles. The number of hydrogen-bond donors (Lipinski definition) is 1. The van der Waals surface area contributed by atoms with Gasteiger partial charge in [0.25, 0.3) is 0 Å². The van der Waals surface area contributed by atoms with Crippen LogP contribution < -0.4 is 5.32 Å². The number of aryl methyl sites for hydroxylation is 1. The lowest BCUT2D eigenvalue weighted by Gasteiger charge is -2.06. The molecule has 1 heterocycles. The molecule has 0 spiro atoms. The normalized spacial score (nSPS) is 11.2. The molecule has 0 unspecified atom stereocenters. The molecule has 20 heavy (non-hydrogen) atoms. The van der Waals surface area contributed by atoms with Crippen molar-refractivity contribution in [3.63, 3.8) is 0 Å². The molecule has 1 aromatic carbocycles. The summed E-state index contributed by atoms with van der Waals surface area (Å²) in [6, 6.07) is 8.49. The van der Waals surface area contributed by atoms with Crippen molar-refractivity contribution in [2.24, 2.45) is 0 Å². The van der Waals surface area contributed by atoms with Crippen LogP contribution >= 0.6 is 22.9 Å². The second kappa shape index (κ2) is 7.21. The minimum Gasteiger partial charge on any atom is -0.310 e. The molecule has 0 aliphatic rings. The maximum Gasteiger partial charge on any atom is 0.0975 e. The van der Waals surface area contributed by atoms with Crippen molar-refractivity contribution in [1.29, 1.82) is 0 Å². The molecule has 2 aromatic rings. The molecule has 1 aromatic heterocycles. The van der Waals surface area contributed by atoms with E-state index in [-0.39, 0.29) is 0 Å². The largest absolute Gasteiger partial charge is 0.310 e. The van der Waals surface area contributed by atoms with Gasteiger partial charge in [0.15, 0.2) is 0 Å². The maximum atomic E-state index is 6.22. The van der Waals surface area contributed by atoms with Crippen LogP contribution in [-0.4, -0.2) is 11.0 Å². The van der Waals surface area contributed by atoms with Gasteiger partial charge in [0.05, 0.1) is 10.7 Å². The zero-order valence-corrected chi connectivity index (χ0v) is 13.8. The Kier molecular flexibility index (Phi) is 5.58. The Morgan fingerprint density at radius 3 is 2.70 bits per heavy atom. The number of hydrogen-bond acceptors (Lipinski definition) is 3. The second-order valence-electron chi connectivity index (χ2n) is 5.13. The number of halogens is 1. The lowest BCUT2D eigenvalue weighted by molar-refractivity contribution is 0.590. The first-order valence-electron chi connectivity index (χ1n) is 7.04. The van der Waals surface area contributed by atoms with Crippen molar-refractivity contribution >= 4 is 22.9 Å². The van der Waals surface area contributed by atoms with Crippen LogP contribution in [0.3, 0.4) is 0 Å². The van der Waals surface area contributed by atoms with Crippen molar-refractivity contribution in [3.8, 4) is 0 Å². The third-order valence-corrected chi connectivity index (χ3v) is 4.59. The highest BCUT2D eigenvalue weighted by Gasteiger charge is 2.11. The summed E-state index contributed by atoms with van der Waals surface area (Å²) >= 11 is 8.02. The van der Waals surface area contributed by atoms with E-state index in [1.165, 1.54) is 10.6 Å². The Morgan fingerprint density at radius 2 is 2.05 bits per heavy atom. The standard InChI is InChI=1S/C16H21ClN2S/c1-4-14-15(10-18-11(2)3)20-16(19-14)9-12-7-5-6-8-13(12)17/h5-8,11,18H,4,9-10H2,1-3H3. The van der Waals surface area contributed by atoms with Crippen LogP contribution in [0, 0.1) is 0 Å². The third kappa shape index (κ3) is 4.05. The van der Waals surface area contributed by atoms with Gasteiger partial charge in [-0.1, -0.05) is 50.6 Å². The minimum atomic E-state index is 0.494. The Bertz CT molecular complexity index is 563.